The molecule has 0 spiro atoms. The highest BCUT2D eigenvalue weighted by Gasteiger charge is 2.47. The first-order valence-electron chi connectivity index (χ1n) is 8.26. The average molecular weight is 286 g/mol. The molecule has 0 saturated heterocycles. The van der Waals surface area contributed by atoms with Crippen molar-refractivity contribution in [2.75, 3.05) is 7.11 Å². The van der Waals surface area contributed by atoms with Gasteiger partial charge in [0, 0.05) is 5.41 Å². The quantitative estimate of drug-likeness (QED) is 0.771. The maximum Gasteiger partial charge on any atom is 0.126 e. The minimum atomic E-state index is -0.111. The molecular weight excluding hydrogens is 260 g/mol. The molecule has 4 atom stereocenters. The second-order valence-corrected chi connectivity index (χ2v) is 7.05. The van der Waals surface area contributed by atoms with Crippen LogP contribution >= 0.6 is 0 Å². The van der Waals surface area contributed by atoms with Gasteiger partial charge in [0.15, 0.2) is 0 Å². The molecule has 2 aliphatic rings. The number of methoxy groups -OCH3 is 1. The number of fused-ring (bicyclic) bond motifs is 3. The number of aryl methyl sites for hydroxylation is 1. The van der Waals surface area contributed by atoms with Gasteiger partial charge in [0.1, 0.15) is 12.0 Å². The van der Waals surface area contributed by atoms with E-state index >= 15 is 0 Å². The highest BCUT2D eigenvalue weighted by molar-refractivity contribution is 5.60. The molecule has 21 heavy (non-hydrogen) atoms. The van der Waals surface area contributed by atoms with E-state index in [1.165, 1.54) is 23.8 Å². The smallest absolute Gasteiger partial charge is 0.126 e. The van der Waals surface area contributed by atoms with Gasteiger partial charge in [-0.1, -0.05) is 26.3 Å². The van der Waals surface area contributed by atoms with Crippen molar-refractivity contribution in [1.29, 1.82) is 0 Å². The summed E-state index contributed by atoms with van der Waals surface area (Å²) in [5, 5.41) is 0. The van der Waals surface area contributed by atoms with Gasteiger partial charge in [-0.25, -0.2) is 0 Å². The third kappa shape index (κ3) is 2.29. The third-order valence-corrected chi connectivity index (χ3v) is 6.08. The number of carbonyl (C=O) groups excluding carboxylic acids is 1. The van der Waals surface area contributed by atoms with Crippen LogP contribution in [0.2, 0.25) is 0 Å². The molecular formula is C19H26O2. The van der Waals surface area contributed by atoms with Crippen LogP contribution in [-0.2, 0) is 11.2 Å². The Morgan fingerprint density at radius 3 is 2.86 bits per heavy atom. The monoisotopic (exact) mass is 286 g/mol. The molecule has 0 radical (unpaired) electrons. The molecule has 0 unspecified atom stereocenters. The van der Waals surface area contributed by atoms with Crippen molar-refractivity contribution < 1.29 is 9.53 Å². The topological polar surface area (TPSA) is 26.3 Å². The van der Waals surface area contributed by atoms with E-state index < -0.39 is 0 Å². The molecule has 1 aromatic carbocycles. The third-order valence-electron chi connectivity index (χ3n) is 6.08. The summed E-state index contributed by atoms with van der Waals surface area (Å²) >= 11 is 0. The summed E-state index contributed by atoms with van der Waals surface area (Å²) in [5.41, 5.74) is 2.86. The molecule has 0 aliphatic heterocycles. The van der Waals surface area contributed by atoms with Gasteiger partial charge < -0.3 is 9.53 Å². The van der Waals surface area contributed by atoms with Gasteiger partial charge >= 0.3 is 0 Å². The lowest BCUT2D eigenvalue weighted by Gasteiger charge is -2.49. The minimum absolute atomic E-state index is 0.111. The Bertz CT molecular complexity index is 536. The van der Waals surface area contributed by atoms with Crippen molar-refractivity contribution in [3.8, 4) is 5.75 Å². The summed E-state index contributed by atoms with van der Waals surface area (Å²) in [7, 11) is 1.73. The number of hydrogen-bond donors (Lipinski definition) is 0. The predicted octanol–water partition coefficient (Wildman–Crippen LogP) is 4.37. The Kier molecular flexibility index (Phi) is 3.81. The zero-order valence-corrected chi connectivity index (χ0v) is 13.4. The van der Waals surface area contributed by atoms with E-state index in [2.05, 4.69) is 32.0 Å². The lowest BCUT2D eigenvalue weighted by molar-refractivity contribution is -0.122. The van der Waals surface area contributed by atoms with Crippen LogP contribution in [0.25, 0.3) is 0 Å². The van der Waals surface area contributed by atoms with Crippen LogP contribution in [0.1, 0.15) is 56.6 Å². The SMILES string of the molecule is CC[C@H]1[C@@H]2CCc3cc(OC)ccc3[C@H]2CC[C@]1(C)C=O. The first-order valence-corrected chi connectivity index (χ1v) is 8.26. The van der Waals surface area contributed by atoms with Crippen LogP contribution in [0.5, 0.6) is 5.75 Å². The summed E-state index contributed by atoms with van der Waals surface area (Å²) < 4.78 is 5.36. The molecule has 0 aromatic heterocycles. The number of hydrogen-bond acceptors (Lipinski definition) is 2. The first-order chi connectivity index (χ1) is 10.1. The number of carbonyl (C=O) groups is 1. The highest BCUT2D eigenvalue weighted by atomic mass is 16.5. The van der Waals surface area contributed by atoms with Crippen molar-refractivity contribution in [3.63, 3.8) is 0 Å². The van der Waals surface area contributed by atoms with Gasteiger partial charge in [-0.15, -0.1) is 0 Å². The van der Waals surface area contributed by atoms with E-state index in [4.69, 9.17) is 4.74 Å². The summed E-state index contributed by atoms with van der Waals surface area (Å²) in [6.45, 7) is 4.42. The molecule has 114 valence electrons. The van der Waals surface area contributed by atoms with Gasteiger partial charge in [-0.2, -0.15) is 0 Å². The normalized spacial score (nSPS) is 34.7. The maximum atomic E-state index is 11.6. The highest BCUT2D eigenvalue weighted by Crippen LogP contribution is 2.55. The molecule has 2 heteroatoms. The Balaban J connectivity index is 1.95. The second kappa shape index (κ2) is 5.47. The van der Waals surface area contributed by atoms with Gasteiger partial charge in [0.2, 0.25) is 0 Å². The average Bonchev–Trinajstić information content (AvgIpc) is 2.53. The van der Waals surface area contributed by atoms with Crippen molar-refractivity contribution in [3.05, 3.63) is 29.3 Å². The number of aldehydes is 1. The summed E-state index contributed by atoms with van der Waals surface area (Å²) in [5.74, 6) is 2.80. The fourth-order valence-corrected chi connectivity index (χ4v) is 4.95. The second-order valence-electron chi connectivity index (χ2n) is 7.05. The maximum absolute atomic E-state index is 11.6. The Morgan fingerprint density at radius 1 is 1.38 bits per heavy atom. The van der Waals surface area contributed by atoms with Crippen LogP contribution in [-0.4, -0.2) is 13.4 Å². The van der Waals surface area contributed by atoms with Gasteiger partial charge in [-0.05, 0) is 66.7 Å². The largest absolute Gasteiger partial charge is 0.497 e. The van der Waals surface area contributed by atoms with E-state index in [1.807, 2.05) is 0 Å². The molecule has 3 rings (SSSR count). The standard InChI is InChI=1S/C19H26O2/c1-4-18-17-7-5-13-11-14(21-3)6-8-15(13)16(17)9-10-19(18,2)12-20/h6,8,11-12,16-18H,4-5,7,9-10H2,1-3H3/t16-,17-,18+,19-/m1/s1. The van der Waals surface area contributed by atoms with Crippen molar-refractivity contribution in [2.24, 2.45) is 17.3 Å². The lowest BCUT2D eigenvalue weighted by Crippen LogP contribution is -2.43. The number of benzene rings is 1. The van der Waals surface area contributed by atoms with Gasteiger partial charge in [0.25, 0.3) is 0 Å². The van der Waals surface area contributed by atoms with Gasteiger partial charge in [0.05, 0.1) is 7.11 Å². The number of rotatable bonds is 3. The molecule has 0 amide bonds. The number of ether oxygens (including phenoxy) is 1. The predicted molar refractivity (Wildman–Crippen MR) is 84.7 cm³/mol. The zero-order chi connectivity index (χ0) is 15.0. The molecule has 0 heterocycles. The molecule has 1 fully saturated rings. The summed E-state index contributed by atoms with van der Waals surface area (Å²) in [6, 6.07) is 6.57. The van der Waals surface area contributed by atoms with Crippen LogP contribution in [0.15, 0.2) is 18.2 Å². The fraction of sp³-hybridized carbons (Fsp3) is 0.632. The van der Waals surface area contributed by atoms with Gasteiger partial charge in [-0.3, -0.25) is 0 Å². The van der Waals surface area contributed by atoms with E-state index in [9.17, 15) is 4.79 Å². The van der Waals surface area contributed by atoms with Crippen molar-refractivity contribution in [2.45, 2.75) is 51.9 Å². The molecule has 0 N–H and O–H groups in total. The van der Waals surface area contributed by atoms with Crippen molar-refractivity contribution >= 4 is 6.29 Å². The van der Waals surface area contributed by atoms with Crippen LogP contribution in [0.4, 0.5) is 0 Å². The zero-order valence-electron chi connectivity index (χ0n) is 13.4. The van der Waals surface area contributed by atoms with Crippen LogP contribution in [0, 0.1) is 17.3 Å². The van der Waals surface area contributed by atoms with Crippen molar-refractivity contribution in [1.82, 2.24) is 0 Å². The fourth-order valence-electron chi connectivity index (χ4n) is 4.95. The molecule has 1 saturated carbocycles. The Morgan fingerprint density at radius 2 is 2.19 bits per heavy atom. The molecule has 2 aliphatic carbocycles. The van der Waals surface area contributed by atoms with Crippen LogP contribution in [0.3, 0.4) is 0 Å². The van der Waals surface area contributed by atoms with E-state index in [-0.39, 0.29) is 5.41 Å². The summed E-state index contributed by atoms with van der Waals surface area (Å²) in [4.78, 5) is 11.6. The Hall–Kier alpha value is -1.31. The van der Waals surface area contributed by atoms with E-state index in [0.29, 0.717) is 17.8 Å². The van der Waals surface area contributed by atoms with Crippen LogP contribution < -0.4 is 4.74 Å². The molecule has 1 aromatic rings. The van der Waals surface area contributed by atoms with E-state index in [1.54, 1.807) is 7.11 Å². The summed E-state index contributed by atoms with van der Waals surface area (Å²) in [6.07, 6.45) is 6.87. The Labute approximate surface area is 127 Å². The molecule has 0 bridgehead atoms. The lowest BCUT2D eigenvalue weighted by atomic mass is 9.54. The molecule has 2 nitrogen and oxygen atoms in total. The van der Waals surface area contributed by atoms with E-state index in [0.717, 1.165) is 31.4 Å². The minimum Gasteiger partial charge on any atom is -0.497 e. The first kappa shape index (κ1) is 14.6.